The first-order valence-corrected chi connectivity index (χ1v) is 9.20. The van der Waals surface area contributed by atoms with Gasteiger partial charge in [-0.1, -0.05) is 11.6 Å². The Morgan fingerprint density at radius 3 is 2.74 bits per heavy atom. The molecule has 1 N–H and O–H groups in total. The molecule has 1 fully saturated rings. The van der Waals surface area contributed by atoms with Gasteiger partial charge in [-0.25, -0.2) is 8.42 Å². The molecule has 1 atom stereocenters. The van der Waals surface area contributed by atoms with Gasteiger partial charge in [-0.15, -0.1) is 12.4 Å². The minimum absolute atomic E-state index is 0. The molecule has 8 heteroatoms. The number of nitrogens with one attached hydrogen (secondary N) is 1. The quantitative estimate of drug-likeness (QED) is 0.850. The molecule has 1 aliphatic rings. The number of benzene rings is 1. The SMILES string of the molecule is CNCC1CCCN(S(=O)(=O)c2cc(Cl)c(OC)cc2C)C1.Cl. The maximum absolute atomic E-state index is 12.9. The molecular formula is C15H24Cl2N2O3S. The highest BCUT2D eigenvalue weighted by Gasteiger charge is 2.31. The summed E-state index contributed by atoms with van der Waals surface area (Å²) in [7, 11) is -0.120. The van der Waals surface area contributed by atoms with E-state index < -0.39 is 10.0 Å². The second-order valence-electron chi connectivity index (χ2n) is 5.68. The predicted molar refractivity (Wildman–Crippen MR) is 95.4 cm³/mol. The molecule has 0 bridgehead atoms. The van der Waals surface area contributed by atoms with Crippen LogP contribution in [0.3, 0.4) is 0 Å². The zero-order valence-electron chi connectivity index (χ0n) is 13.6. The number of aryl methyl sites for hydroxylation is 1. The largest absolute Gasteiger partial charge is 0.495 e. The van der Waals surface area contributed by atoms with Crippen LogP contribution in [-0.2, 0) is 10.0 Å². The molecule has 0 spiro atoms. The van der Waals surface area contributed by atoms with E-state index in [-0.39, 0.29) is 17.3 Å². The Hall–Kier alpha value is -0.530. The first kappa shape index (κ1) is 20.5. The third-order valence-corrected chi connectivity index (χ3v) is 6.34. The first-order valence-electron chi connectivity index (χ1n) is 7.39. The molecule has 1 heterocycles. The van der Waals surface area contributed by atoms with Crippen molar-refractivity contribution < 1.29 is 13.2 Å². The molecule has 1 unspecified atom stereocenters. The number of hydrogen-bond donors (Lipinski definition) is 1. The van der Waals surface area contributed by atoms with Crippen LogP contribution >= 0.6 is 24.0 Å². The molecule has 1 aliphatic heterocycles. The van der Waals surface area contributed by atoms with Gasteiger partial charge in [0.15, 0.2) is 0 Å². The molecule has 0 aliphatic carbocycles. The Bertz CT molecular complexity index is 636. The van der Waals surface area contributed by atoms with E-state index in [0.717, 1.165) is 19.4 Å². The molecule has 132 valence electrons. The van der Waals surface area contributed by atoms with E-state index in [1.54, 1.807) is 17.3 Å². The van der Waals surface area contributed by atoms with Crippen LogP contribution in [0.2, 0.25) is 5.02 Å². The van der Waals surface area contributed by atoms with Crippen molar-refractivity contribution in [2.45, 2.75) is 24.7 Å². The number of piperidine rings is 1. The maximum Gasteiger partial charge on any atom is 0.243 e. The van der Waals surface area contributed by atoms with Crippen LogP contribution in [0.25, 0.3) is 0 Å². The van der Waals surface area contributed by atoms with Crippen LogP contribution in [0.15, 0.2) is 17.0 Å². The lowest BCUT2D eigenvalue weighted by molar-refractivity contribution is 0.263. The maximum atomic E-state index is 12.9. The van der Waals surface area contributed by atoms with Gasteiger partial charge in [0.1, 0.15) is 5.75 Å². The number of hydrogen-bond acceptors (Lipinski definition) is 4. The van der Waals surface area contributed by atoms with Gasteiger partial charge in [0.2, 0.25) is 10.0 Å². The Morgan fingerprint density at radius 2 is 2.13 bits per heavy atom. The Labute approximate surface area is 149 Å². The summed E-state index contributed by atoms with van der Waals surface area (Å²) in [5.74, 6) is 0.840. The summed E-state index contributed by atoms with van der Waals surface area (Å²) in [5.41, 5.74) is 0.650. The minimum atomic E-state index is -3.53. The van der Waals surface area contributed by atoms with Crippen molar-refractivity contribution in [3.8, 4) is 5.75 Å². The van der Waals surface area contributed by atoms with E-state index in [9.17, 15) is 8.42 Å². The highest BCUT2D eigenvalue weighted by molar-refractivity contribution is 7.89. The van der Waals surface area contributed by atoms with Crippen LogP contribution in [0.5, 0.6) is 5.75 Å². The second kappa shape index (κ2) is 8.53. The zero-order valence-corrected chi connectivity index (χ0v) is 16.0. The van der Waals surface area contributed by atoms with E-state index in [1.165, 1.54) is 13.2 Å². The third kappa shape index (κ3) is 4.51. The Balaban J connectivity index is 0.00000264. The van der Waals surface area contributed by atoms with Gasteiger partial charge in [-0.05, 0) is 57.0 Å². The Morgan fingerprint density at radius 1 is 1.43 bits per heavy atom. The standard InChI is InChI=1S/C15H23ClN2O3S.ClH/c1-11-7-14(21-3)13(16)8-15(11)22(19,20)18-6-4-5-12(10-18)9-17-2;/h7-8,12,17H,4-6,9-10H2,1-3H3;1H. The fraction of sp³-hybridized carbons (Fsp3) is 0.600. The van der Waals surface area contributed by atoms with Gasteiger partial charge in [-0.2, -0.15) is 4.31 Å². The topological polar surface area (TPSA) is 58.6 Å². The van der Waals surface area contributed by atoms with E-state index in [2.05, 4.69) is 5.32 Å². The number of ether oxygens (including phenoxy) is 1. The summed E-state index contributed by atoms with van der Waals surface area (Å²) in [4.78, 5) is 0.267. The molecule has 0 aromatic heterocycles. The minimum Gasteiger partial charge on any atom is -0.495 e. The van der Waals surface area contributed by atoms with Crippen LogP contribution in [0.4, 0.5) is 0 Å². The summed E-state index contributed by atoms with van der Waals surface area (Å²) >= 11 is 6.11. The predicted octanol–water partition coefficient (Wildman–Crippen LogP) is 2.70. The number of nitrogens with zero attached hydrogens (tertiary/aromatic N) is 1. The van der Waals surface area contributed by atoms with Gasteiger partial charge in [0.05, 0.1) is 17.0 Å². The van der Waals surface area contributed by atoms with Crippen molar-refractivity contribution in [1.29, 1.82) is 0 Å². The molecular weight excluding hydrogens is 359 g/mol. The summed E-state index contributed by atoms with van der Waals surface area (Å²) in [6.07, 6.45) is 1.93. The second-order valence-corrected chi connectivity index (χ2v) is 7.99. The molecule has 5 nitrogen and oxygen atoms in total. The molecule has 23 heavy (non-hydrogen) atoms. The van der Waals surface area contributed by atoms with E-state index in [4.69, 9.17) is 16.3 Å². The summed E-state index contributed by atoms with van der Waals surface area (Å²) < 4.78 is 32.5. The fourth-order valence-corrected chi connectivity index (χ4v) is 5.00. The van der Waals surface area contributed by atoms with Gasteiger partial charge in [-0.3, -0.25) is 0 Å². The lowest BCUT2D eigenvalue weighted by Gasteiger charge is -2.32. The van der Waals surface area contributed by atoms with E-state index in [0.29, 0.717) is 35.3 Å². The number of sulfonamides is 1. The molecule has 0 saturated carbocycles. The van der Waals surface area contributed by atoms with Gasteiger partial charge in [0, 0.05) is 13.1 Å². The van der Waals surface area contributed by atoms with Gasteiger partial charge >= 0.3 is 0 Å². The van der Waals surface area contributed by atoms with Crippen molar-refractivity contribution in [1.82, 2.24) is 9.62 Å². The molecule has 0 amide bonds. The average Bonchev–Trinajstić information content (AvgIpc) is 2.49. The number of halogens is 2. The highest BCUT2D eigenvalue weighted by Crippen LogP contribution is 2.32. The van der Waals surface area contributed by atoms with Crippen molar-refractivity contribution in [2.75, 3.05) is 33.8 Å². The normalized spacial score (nSPS) is 19.2. The van der Waals surface area contributed by atoms with Gasteiger partial charge in [0.25, 0.3) is 0 Å². The van der Waals surface area contributed by atoms with Crippen LogP contribution < -0.4 is 10.1 Å². The monoisotopic (exact) mass is 382 g/mol. The molecule has 2 rings (SSSR count). The first-order chi connectivity index (χ1) is 10.4. The fourth-order valence-electron chi connectivity index (χ4n) is 2.91. The van der Waals surface area contributed by atoms with Crippen molar-refractivity contribution in [2.24, 2.45) is 5.92 Å². The summed E-state index contributed by atoms with van der Waals surface area (Å²) in [6.45, 7) is 3.70. The lowest BCUT2D eigenvalue weighted by Crippen LogP contribution is -2.42. The molecule has 1 aromatic carbocycles. The summed E-state index contributed by atoms with van der Waals surface area (Å²) in [5, 5.41) is 3.44. The molecule has 1 aromatic rings. The van der Waals surface area contributed by atoms with Crippen molar-refractivity contribution in [3.05, 3.63) is 22.7 Å². The molecule has 0 radical (unpaired) electrons. The Kier molecular flexibility index (Phi) is 7.61. The van der Waals surface area contributed by atoms with E-state index >= 15 is 0 Å². The van der Waals surface area contributed by atoms with E-state index in [1.807, 2.05) is 7.05 Å². The van der Waals surface area contributed by atoms with Crippen LogP contribution in [0.1, 0.15) is 18.4 Å². The van der Waals surface area contributed by atoms with Crippen LogP contribution in [0, 0.1) is 12.8 Å². The number of rotatable bonds is 5. The van der Waals surface area contributed by atoms with Crippen LogP contribution in [-0.4, -0.2) is 46.5 Å². The average molecular weight is 383 g/mol. The van der Waals surface area contributed by atoms with Crippen molar-refractivity contribution >= 4 is 34.0 Å². The highest BCUT2D eigenvalue weighted by atomic mass is 35.5. The van der Waals surface area contributed by atoms with Crippen molar-refractivity contribution in [3.63, 3.8) is 0 Å². The summed E-state index contributed by atoms with van der Waals surface area (Å²) in [6, 6.07) is 3.16. The molecule has 1 saturated heterocycles. The third-order valence-electron chi connectivity index (χ3n) is 4.04. The smallest absolute Gasteiger partial charge is 0.243 e. The number of methoxy groups -OCH3 is 1. The zero-order chi connectivity index (χ0) is 16.3. The van der Waals surface area contributed by atoms with Gasteiger partial charge < -0.3 is 10.1 Å². The lowest BCUT2D eigenvalue weighted by atomic mass is 10.00.